The quantitative estimate of drug-likeness (QED) is 0.369. The Hall–Kier alpha value is -1.39. The van der Waals surface area contributed by atoms with Crippen molar-refractivity contribution in [3.05, 3.63) is 23.2 Å². The molecule has 0 spiro atoms. The van der Waals surface area contributed by atoms with Gasteiger partial charge >= 0.3 is 25.0 Å². The Morgan fingerprint density at radius 3 is 2.23 bits per heavy atom. The van der Waals surface area contributed by atoms with Crippen molar-refractivity contribution in [1.82, 2.24) is 4.98 Å². The monoisotopic (exact) mass is 488 g/mol. The molecule has 30 heavy (non-hydrogen) atoms. The Morgan fingerprint density at radius 1 is 1.20 bits per heavy atom. The number of hydrogen-bond acceptors (Lipinski definition) is 8. The van der Waals surface area contributed by atoms with Gasteiger partial charge in [0.15, 0.2) is 5.13 Å². The molecule has 0 fully saturated rings. The first-order chi connectivity index (χ1) is 13.8. The average Bonchev–Trinajstić information content (AvgIpc) is 2.97. The fourth-order valence-electron chi connectivity index (χ4n) is 2.57. The first kappa shape index (κ1) is 24.9. The average molecular weight is 489 g/mol. The van der Waals surface area contributed by atoms with Gasteiger partial charge in [-0.3, -0.25) is 4.57 Å². The lowest BCUT2D eigenvalue weighted by Gasteiger charge is -2.39. The molecule has 0 unspecified atom stereocenters. The number of rotatable bonds is 8. The number of ether oxygens (including phenoxy) is 1. The fourth-order valence-corrected chi connectivity index (χ4v) is 6.18. The van der Waals surface area contributed by atoms with Gasteiger partial charge in [0.2, 0.25) is 0 Å². The van der Waals surface area contributed by atoms with Crippen molar-refractivity contribution in [2.45, 2.75) is 51.4 Å². The van der Waals surface area contributed by atoms with Crippen LogP contribution in [0, 0.1) is 0 Å². The van der Waals surface area contributed by atoms with Crippen LogP contribution < -0.4 is 5.32 Å². The molecule has 13 heteroatoms. The summed E-state index contributed by atoms with van der Waals surface area (Å²) < 4.78 is 72.2. The number of carbonyl (C=O) groups is 1. The molecule has 1 atom stereocenters. The molecule has 0 aliphatic carbocycles. The SMILES string of the molecule is COC(=O)[C@](Nc1nc2ccc(Cl)cc2s1)(C(F)(F)F)P(=O)(OC(C)C)OC(C)C. The molecule has 2 aromatic rings. The number of fused-ring (bicyclic) bond motifs is 1. The summed E-state index contributed by atoms with van der Waals surface area (Å²) in [5, 5.41) is -1.84. The molecule has 0 aliphatic rings. The van der Waals surface area contributed by atoms with Crippen LogP contribution in [-0.2, 0) is 23.1 Å². The molecule has 0 bridgehead atoms. The van der Waals surface area contributed by atoms with Crippen molar-refractivity contribution in [1.29, 1.82) is 0 Å². The second kappa shape index (κ2) is 9.00. The summed E-state index contributed by atoms with van der Waals surface area (Å²) in [7, 11) is -4.51. The van der Waals surface area contributed by atoms with E-state index in [1.165, 1.54) is 45.9 Å². The van der Waals surface area contributed by atoms with Gasteiger partial charge in [-0.1, -0.05) is 22.9 Å². The largest absolute Gasteiger partial charge is 0.467 e. The zero-order valence-corrected chi connectivity index (χ0v) is 19.2. The Labute approximate surface area is 180 Å². The Kier molecular flexibility index (Phi) is 7.46. The van der Waals surface area contributed by atoms with Crippen LogP contribution in [0.1, 0.15) is 27.7 Å². The number of anilines is 1. The van der Waals surface area contributed by atoms with Crippen molar-refractivity contribution in [3.63, 3.8) is 0 Å². The predicted octanol–water partition coefficient (Wildman–Crippen LogP) is 5.84. The van der Waals surface area contributed by atoms with Gasteiger partial charge in [0.25, 0.3) is 0 Å². The number of alkyl halides is 3. The van der Waals surface area contributed by atoms with Gasteiger partial charge in [-0.2, -0.15) is 13.2 Å². The zero-order chi connectivity index (χ0) is 22.9. The second-order valence-corrected chi connectivity index (χ2v) is 10.3. The number of methoxy groups -OCH3 is 1. The van der Waals surface area contributed by atoms with Gasteiger partial charge in [0.05, 0.1) is 29.5 Å². The zero-order valence-electron chi connectivity index (χ0n) is 16.7. The number of benzene rings is 1. The molecular formula is C17H21ClF3N2O5PS. The van der Waals surface area contributed by atoms with Crippen LogP contribution in [0.15, 0.2) is 18.2 Å². The third-order valence-corrected chi connectivity index (χ3v) is 7.58. The summed E-state index contributed by atoms with van der Waals surface area (Å²) in [5.41, 5.74) is 0.331. The van der Waals surface area contributed by atoms with E-state index in [0.29, 0.717) is 15.2 Å². The minimum atomic E-state index is -5.44. The Balaban J connectivity index is 2.75. The lowest BCUT2D eigenvalue weighted by atomic mass is 10.3. The smallest absolute Gasteiger partial charge is 0.434 e. The van der Waals surface area contributed by atoms with Crippen LogP contribution >= 0.6 is 30.5 Å². The van der Waals surface area contributed by atoms with Crippen molar-refractivity contribution in [2.75, 3.05) is 12.4 Å². The van der Waals surface area contributed by atoms with E-state index < -0.39 is 37.2 Å². The highest BCUT2D eigenvalue weighted by Gasteiger charge is 2.75. The maximum atomic E-state index is 14.5. The molecular weight excluding hydrogens is 468 g/mol. The maximum Gasteiger partial charge on any atom is 0.434 e. The number of hydrogen-bond donors (Lipinski definition) is 1. The third-order valence-electron chi connectivity index (χ3n) is 3.64. The summed E-state index contributed by atoms with van der Waals surface area (Å²) in [6.07, 6.45) is -7.36. The molecule has 1 aromatic carbocycles. The van der Waals surface area contributed by atoms with Crippen LogP contribution in [0.25, 0.3) is 10.2 Å². The van der Waals surface area contributed by atoms with Crippen LogP contribution in [0.5, 0.6) is 0 Å². The van der Waals surface area contributed by atoms with E-state index in [9.17, 15) is 22.5 Å². The standard InChI is InChI=1S/C17H21ClF3N2O5PS/c1-9(2)27-29(25,28-10(3)4)16(14(24)26-5,17(19,20)21)23-15-22-12-7-6-11(18)8-13(12)30-15/h6-10H,1-5H3,(H,22,23)/t16-/m1/s1. The summed E-state index contributed by atoms with van der Waals surface area (Å²) >= 11 is 6.70. The van der Waals surface area contributed by atoms with Gasteiger partial charge < -0.3 is 19.1 Å². The van der Waals surface area contributed by atoms with Crippen molar-refractivity contribution in [3.8, 4) is 0 Å². The molecule has 0 saturated heterocycles. The highest BCUT2D eigenvalue weighted by Crippen LogP contribution is 2.67. The highest BCUT2D eigenvalue weighted by molar-refractivity contribution is 7.57. The molecule has 0 radical (unpaired) electrons. The van der Waals surface area contributed by atoms with Crippen LogP contribution in [0.4, 0.5) is 18.3 Å². The molecule has 0 saturated carbocycles. The van der Waals surface area contributed by atoms with E-state index in [1.807, 2.05) is 5.32 Å². The van der Waals surface area contributed by atoms with Crippen molar-refractivity contribution >= 4 is 51.9 Å². The normalized spacial score (nSPS) is 14.9. The first-order valence-corrected chi connectivity index (χ1v) is 11.5. The number of aromatic nitrogens is 1. The van der Waals surface area contributed by atoms with E-state index in [4.69, 9.17) is 20.6 Å². The molecule has 168 valence electrons. The van der Waals surface area contributed by atoms with Gasteiger partial charge in [0, 0.05) is 5.02 Å². The topological polar surface area (TPSA) is 86.8 Å². The van der Waals surface area contributed by atoms with Crippen molar-refractivity contribution in [2.24, 2.45) is 0 Å². The number of esters is 1. The number of nitrogens with zero attached hydrogens (tertiary/aromatic N) is 1. The summed E-state index contributed by atoms with van der Waals surface area (Å²) in [6.45, 7) is 5.48. The number of thiazole rings is 1. The minimum Gasteiger partial charge on any atom is -0.467 e. The van der Waals surface area contributed by atoms with Gasteiger partial charge in [-0.25, -0.2) is 9.78 Å². The molecule has 1 aromatic heterocycles. The number of halogens is 4. The Bertz CT molecular complexity index is 955. The summed E-state index contributed by atoms with van der Waals surface area (Å²) in [4.78, 5) is 16.6. The Morgan fingerprint density at radius 2 is 1.77 bits per heavy atom. The lowest BCUT2D eigenvalue weighted by molar-refractivity contribution is -0.186. The molecule has 2 rings (SSSR count). The molecule has 7 nitrogen and oxygen atoms in total. The summed E-state index contributed by atoms with van der Waals surface area (Å²) in [5.74, 6) is -1.88. The van der Waals surface area contributed by atoms with E-state index >= 15 is 0 Å². The van der Waals surface area contributed by atoms with Crippen LogP contribution in [0.2, 0.25) is 5.02 Å². The summed E-state index contributed by atoms with van der Waals surface area (Å²) in [6, 6.07) is 4.52. The van der Waals surface area contributed by atoms with Crippen molar-refractivity contribution < 1.29 is 36.3 Å². The molecule has 1 heterocycles. The fraction of sp³-hybridized carbons (Fsp3) is 0.529. The first-order valence-electron chi connectivity index (χ1n) is 8.72. The van der Waals surface area contributed by atoms with Gasteiger partial charge in [-0.15, -0.1) is 0 Å². The lowest BCUT2D eigenvalue weighted by Crippen LogP contribution is -2.59. The van der Waals surface area contributed by atoms with E-state index in [1.54, 1.807) is 0 Å². The minimum absolute atomic E-state index is 0.331. The number of carbonyl (C=O) groups excluding carboxylic acids is 1. The van der Waals surface area contributed by atoms with E-state index in [2.05, 4.69) is 9.72 Å². The van der Waals surface area contributed by atoms with Gasteiger partial charge in [0.1, 0.15) is 0 Å². The molecule has 0 amide bonds. The van der Waals surface area contributed by atoms with Gasteiger partial charge in [-0.05, 0) is 45.9 Å². The van der Waals surface area contributed by atoms with E-state index in [-0.39, 0.29) is 5.13 Å². The third kappa shape index (κ3) is 4.75. The number of nitrogens with one attached hydrogen (secondary N) is 1. The van der Waals surface area contributed by atoms with E-state index in [0.717, 1.165) is 18.4 Å². The second-order valence-electron chi connectivity index (χ2n) is 6.76. The maximum absolute atomic E-state index is 14.5. The van der Waals surface area contributed by atoms with Crippen LogP contribution in [-0.4, -0.2) is 41.7 Å². The molecule has 1 N–H and O–H groups in total. The van der Waals surface area contributed by atoms with Crippen LogP contribution in [0.3, 0.4) is 0 Å². The molecule has 0 aliphatic heterocycles. The highest BCUT2D eigenvalue weighted by atomic mass is 35.5. The predicted molar refractivity (Wildman–Crippen MR) is 109 cm³/mol.